The molecular weight excluding hydrogens is 324 g/mol. The van der Waals surface area contributed by atoms with Crippen LogP contribution in [0.4, 0.5) is 5.82 Å². The summed E-state index contributed by atoms with van der Waals surface area (Å²) in [5, 5.41) is 0. The summed E-state index contributed by atoms with van der Waals surface area (Å²) in [6.45, 7) is 1.59. The molecule has 6 heteroatoms. The molecule has 0 saturated carbocycles. The van der Waals surface area contributed by atoms with Gasteiger partial charge in [0.15, 0.2) is 9.84 Å². The lowest BCUT2D eigenvalue weighted by molar-refractivity contribution is 0.412. The molecule has 0 atom stereocenters. The van der Waals surface area contributed by atoms with Crippen LogP contribution in [0.1, 0.15) is 24.3 Å². The van der Waals surface area contributed by atoms with Crippen LogP contribution in [0.5, 0.6) is 5.75 Å². The zero-order valence-corrected chi connectivity index (χ0v) is 14.8. The first kappa shape index (κ1) is 16.8. The summed E-state index contributed by atoms with van der Waals surface area (Å²) in [6, 6.07) is 11.5. The molecule has 0 bridgehead atoms. The number of aromatic nitrogens is 1. The number of anilines is 1. The first-order valence-electron chi connectivity index (χ1n) is 8.03. The van der Waals surface area contributed by atoms with Crippen LogP contribution in [-0.2, 0) is 9.84 Å². The molecule has 3 rings (SSSR count). The van der Waals surface area contributed by atoms with Crippen molar-refractivity contribution < 1.29 is 13.2 Å². The van der Waals surface area contributed by atoms with Gasteiger partial charge in [-0.1, -0.05) is 12.1 Å². The second-order valence-corrected chi connectivity index (χ2v) is 8.12. The third-order valence-electron chi connectivity index (χ3n) is 4.51. The number of hydrogen-bond acceptors (Lipinski definition) is 5. The minimum Gasteiger partial charge on any atom is -0.497 e. The highest BCUT2D eigenvalue weighted by Gasteiger charge is 2.25. The SMILES string of the molecule is COc1cccc(C2CCN(c3ncccc3S(C)(=O)=O)CC2)c1. The van der Waals surface area contributed by atoms with Crippen molar-refractivity contribution in [3.05, 3.63) is 48.2 Å². The Morgan fingerprint density at radius 2 is 1.92 bits per heavy atom. The highest BCUT2D eigenvalue weighted by Crippen LogP contribution is 2.33. The Hall–Kier alpha value is -2.08. The first-order valence-corrected chi connectivity index (χ1v) is 9.92. The molecule has 0 N–H and O–H groups in total. The van der Waals surface area contributed by atoms with Crippen LogP contribution in [0.3, 0.4) is 0 Å². The topological polar surface area (TPSA) is 59.5 Å². The van der Waals surface area contributed by atoms with Crippen LogP contribution in [0.15, 0.2) is 47.5 Å². The van der Waals surface area contributed by atoms with Crippen molar-refractivity contribution in [1.82, 2.24) is 4.98 Å². The van der Waals surface area contributed by atoms with E-state index in [1.807, 2.05) is 12.1 Å². The number of benzene rings is 1. The van der Waals surface area contributed by atoms with Crippen molar-refractivity contribution in [2.45, 2.75) is 23.7 Å². The zero-order valence-electron chi connectivity index (χ0n) is 14.0. The molecular formula is C18H22N2O3S. The second kappa shape index (κ2) is 6.81. The molecule has 1 aromatic heterocycles. The van der Waals surface area contributed by atoms with Crippen LogP contribution in [-0.4, -0.2) is 39.9 Å². The molecule has 0 unspecified atom stereocenters. The summed E-state index contributed by atoms with van der Waals surface area (Å²) in [6.07, 6.45) is 4.81. The van der Waals surface area contributed by atoms with Gasteiger partial charge in [0.1, 0.15) is 16.5 Å². The Morgan fingerprint density at radius 1 is 1.17 bits per heavy atom. The van der Waals surface area contributed by atoms with Gasteiger partial charge in [0.25, 0.3) is 0 Å². The lowest BCUT2D eigenvalue weighted by Crippen LogP contribution is -2.34. The fourth-order valence-corrected chi connectivity index (χ4v) is 4.07. The average Bonchev–Trinajstić information content (AvgIpc) is 2.61. The number of hydrogen-bond donors (Lipinski definition) is 0. The molecule has 1 aliphatic heterocycles. The molecule has 24 heavy (non-hydrogen) atoms. The molecule has 0 amide bonds. The van der Waals surface area contributed by atoms with E-state index in [1.165, 1.54) is 11.8 Å². The largest absolute Gasteiger partial charge is 0.497 e. The molecule has 1 aliphatic rings. The van der Waals surface area contributed by atoms with Crippen molar-refractivity contribution in [3.63, 3.8) is 0 Å². The monoisotopic (exact) mass is 346 g/mol. The van der Waals surface area contributed by atoms with E-state index in [4.69, 9.17) is 4.74 Å². The van der Waals surface area contributed by atoms with Gasteiger partial charge in [-0.2, -0.15) is 0 Å². The van der Waals surface area contributed by atoms with E-state index in [-0.39, 0.29) is 0 Å². The van der Waals surface area contributed by atoms with E-state index in [0.717, 1.165) is 31.7 Å². The number of pyridine rings is 1. The highest BCUT2D eigenvalue weighted by molar-refractivity contribution is 7.90. The summed E-state index contributed by atoms with van der Waals surface area (Å²) in [4.78, 5) is 6.71. The van der Waals surface area contributed by atoms with E-state index in [9.17, 15) is 8.42 Å². The molecule has 0 aliphatic carbocycles. The molecule has 1 fully saturated rings. The molecule has 5 nitrogen and oxygen atoms in total. The van der Waals surface area contributed by atoms with Gasteiger partial charge in [0, 0.05) is 25.5 Å². The predicted molar refractivity (Wildman–Crippen MR) is 94.5 cm³/mol. The number of sulfone groups is 1. The first-order chi connectivity index (χ1) is 11.5. The third kappa shape index (κ3) is 3.53. The smallest absolute Gasteiger partial charge is 0.179 e. The minimum atomic E-state index is -3.28. The van der Waals surface area contributed by atoms with E-state index in [1.54, 1.807) is 25.4 Å². The van der Waals surface area contributed by atoms with Gasteiger partial charge in [-0.25, -0.2) is 13.4 Å². The Balaban J connectivity index is 1.76. The van der Waals surface area contributed by atoms with Crippen LogP contribution in [0.25, 0.3) is 0 Å². The number of rotatable bonds is 4. The second-order valence-electron chi connectivity index (χ2n) is 6.14. The fourth-order valence-electron chi connectivity index (χ4n) is 3.23. The zero-order chi connectivity index (χ0) is 17.2. The number of ether oxygens (including phenoxy) is 1. The maximum absolute atomic E-state index is 12.0. The van der Waals surface area contributed by atoms with Crippen molar-refractivity contribution >= 4 is 15.7 Å². The lowest BCUT2D eigenvalue weighted by atomic mass is 9.89. The average molecular weight is 346 g/mol. The molecule has 1 saturated heterocycles. The van der Waals surface area contributed by atoms with Gasteiger partial charge >= 0.3 is 0 Å². The normalized spacial score (nSPS) is 16.2. The number of nitrogens with zero attached hydrogens (tertiary/aromatic N) is 2. The molecule has 1 aromatic carbocycles. The van der Waals surface area contributed by atoms with Crippen molar-refractivity contribution in [2.75, 3.05) is 31.4 Å². The van der Waals surface area contributed by atoms with Crippen molar-refractivity contribution in [2.24, 2.45) is 0 Å². The summed E-state index contributed by atoms with van der Waals surface area (Å²) in [5.74, 6) is 1.91. The quantitative estimate of drug-likeness (QED) is 0.852. The summed E-state index contributed by atoms with van der Waals surface area (Å²) in [7, 11) is -1.60. The molecule has 0 radical (unpaired) electrons. The van der Waals surface area contributed by atoms with Gasteiger partial charge < -0.3 is 9.64 Å². The number of methoxy groups -OCH3 is 1. The van der Waals surface area contributed by atoms with E-state index in [2.05, 4.69) is 22.0 Å². The van der Waals surface area contributed by atoms with Gasteiger partial charge in [-0.05, 0) is 48.6 Å². The van der Waals surface area contributed by atoms with Gasteiger partial charge in [-0.3, -0.25) is 0 Å². The molecule has 128 valence electrons. The minimum absolute atomic E-state index is 0.310. The van der Waals surface area contributed by atoms with Crippen LogP contribution < -0.4 is 9.64 Å². The predicted octanol–water partition coefficient (Wildman–Crippen LogP) is 2.88. The van der Waals surface area contributed by atoms with Crippen LogP contribution >= 0.6 is 0 Å². The molecule has 0 spiro atoms. The third-order valence-corrected chi connectivity index (χ3v) is 5.63. The van der Waals surface area contributed by atoms with Gasteiger partial charge in [-0.15, -0.1) is 0 Å². The Kier molecular flexibility index (Phi) is 4.76. The summed E-state index contributed by atoms with van der Waals surface area (Å²) < 4.78 is 29.2. The van der Waals surface area contributed by atoms with E-state index >= 15 is 0 Å². The van der Waals surface area contributed by atoms with E-state index in [0.29, 0.717) is 16.6 Å². The van der Waals surface area contributed by atoms with Crippen LogP contribution in [0, 0.1) is 0 Å². The maximum atomic E-state index is 12.0. The Morgan fingerprint density at radius 3 is 2.58 bits per heavy atom. The fraction of sp³-hybridized carbons (Fsp3) is 0.389. The van der Waals surface area contributed by atoms with Crippen molar-refractivity contribution in [3.8, 4) is 5.75 Å². The lowest BCUT2D eigenvalue weighted by Gasteiger charge is -2.33. The van der Waals surface area contributed by atoms with Crippen molar-refractivity contribution in [1.29, 1.82) is 0 Å². The summed E-state index contributed by atoms with van der Waals surface area (Å²) in [5.41, 5.74) is 1.28. The van der Waals surface area contributed by atoms with Gasteiger partial charge in [0.2, 0.25) is 0 Å². The van der Waals surface area contributed by atoms with Crippen LogP contribution in [0.2, 0.25) is 0 Å². The van der Waals surface area contributed by atoms with Gasteiger partial charge in [0.05, 0.1) is 7.11 Å². The van der Waals surface area contributed by atoms with E-state index < -0.39 is 9.84 Å². The molecule has 2 aromatic rings. The highest BCUT2D eigenvalue weighted by atomic mass is 32.2. The standard InChI is InChI=1S/C18H22N2O3S/c1-23-16-6-3-5-15(13-16)14-8-11-20(12-9-14)18-17(24(2,21)22)7-4-10-19-18/h3-7,10,13-14H,8-9,11-12H2,1-2H3. The maximum Gasteiger partial charge on any atom is 0.179 e. The molecule has 2 heterocycles. The summed E-state index contributed by atoms with van der Waals surface area (Å²) >= 11 is 0. The Labute approximate surface area is 143 Å². The Bertz CT molecular complexity index is 813. The number of piperidine rings is 1.